The Morgan fingerprint density at radius 1 is 1.05 bits per heavy atom. The van der Waals surface area contributed by atoms with Gasteiger partial charge in [-0.1, -0.05) is 51.1 Å². The summed E-state index contributed by atoms with van der Waals surface area (Å²) >= 11 is 0. The minimum atomic E-state index is 0.290. The maximum atomic E-state index is 5.45. The molecule has 2 heteroatoms. The van der Waals surface area contributed by atoms with E-state index >= 15 is 0 Å². The fourth-order valence-corrected chi connectivity index (χ4v) is 2.70. The molecule has 1 heterocycles. The summed E-state index contributed by atoms with van der Waals surface area (Å²) in [5, 5.41) is 3.77. The van der Waals surface area contributed by atoms with E-state index in [1.54, 1.807) is 6.26 Å². The molecule has 2 unspecified atom stereocenters. The van der Waals surface area contributed by atoms with Crippen LogP contribution in [0.5, 0.6) is 0 Å². The normalized spacial score (nSPS) is 14.9. The average Bonchev–Trinajstić information content (AvgIpc) is 2.90. The van der Waals surface area contributed by atoms with Crippen molar-refractivity contribution >= 4 is 0 Å². The minimum Gasteiger partial charge on any atom is -0.469 e. The topological polar surface area (TPSA) is 25.2 Å². The van der Waals surface area contributed by atoms with E-state index in [9.17, 15) is 0 Å². The molecule has 0 bridgehead atoms. The van der Waals surface area contributed by atoms with Gasteiger partial charge in [0.15, 0.2) is 0 Å². The lowest BCUT2D eigenvalue weighted by molar-refractivity contribution is 0.292. The van der Waals surface area contributed by atoms with Gasteiger partial charge in [-0.15, -0.1) is 0 Å². The van der Waals surface area contributed by atoms with Gasteiger partial charge in [-0.05, 0) is 36.5 Å². The quantitative estimate of drug-likeness (QED) is 0.810. The molecule has 0 saturated carbocycles. The molecule has 2 rings (SSSR count). The van der Waals surface area contributed by atoms with Crippen LogP contribution in [0.2, 0.25) is 0 Å². The van der Waals surface area contributed by atoms with Crippen molar-refractivity contribution in [2.24, 2.45) is 5.41 Å². The van der Waals surface area contributed by atoms with Gasteiger partial charge in [-0.2, -0.15) is 0 Å². The molecule has 0 spiro atoms. The summed E-state index contributed by atoms with van der Waals surface area (Å²) in [6.07, 6.45) is 3.77. The van der Waals surface area contributed by atoms with E-state index in [4.69, 9.17) is 4.42 Å². The van der Waals surface area contributed by atoms with Crippen molar-refractivity contribution in [3.8, 4) is 0 Å². The zero-order chi connectivity index (χ0) is 15.3. The molecule has 0 aliphatic carbocycles. The lowest BCUT2D eigenvalue weighted by atomic mass is 9.85. The smallest absolute Gasteiger partial charge is 0.105 e. The highest BCUT2D eigenvalue weighted by Crippen LogP contribution is 2.29. The van der Waals surface area contributed by atoms with Crippen molar-refractivity contribution in [3.05, 3.63) is 60.1 Å². The molecule has 21 heavy (non-hydrogen) atoms. The van der Waals surface area contributed by atoms with Gasteiger partial charge in [-0.3, -0.25) is 0 Å². The molecular weight excluding hydrogens is 258 g/mol. The summed E-state index contributed by atoms with van der Waals surface area (Å²) in [5.74, 6) is 1.04. The summed E-state index contributed by atoms with van der Waals surface area (Å²) < 4.78 is 5.45. The van der Waals surface area contributed by atoms with Crippen LogP contribution in [0, 0.1) is 5.41 Å². The summed E-state index contributed by atoms with van der Waals surface area (Å²) in [4.78, 5) is 0. The highest BCUT2D eigenvalue weighted by molar-refractivity contribution is 5.19. The third-order valence-electron chi connectivity index (χ3n) is 3.59. The monoisotopic (exact) mass is 285 g/mol. The molecule has 1 aromatic heterocycles. The Balaban J connectivity index is 2.05. The standard InChI is InChI=1S/C19H27NO/c1-15(13-17-11-8-12-21-17)20-18(14-19(2,3)4)16-9-6-5-7-10-16/h5-12,15,18,20H,13-14H2,1-4H3. The van der Waals surface area contributed by atoms with Gasteiger partial charge in [0, 0.05) is 18.5 Å². The second-order valence-electron chi connectivity index (χ2n) is 7.08. The van der Waals surface area contributed by atoms with E-state index in [0.717, 1.165) is 18.6 Å². The SMILES string of the molecule is CC(Cc1ccco1)NC(CC(C)(C)C)c1ccccc1. The number of rotatable bonds is 6. The van der Waals surface area contributed by atoms with Gasteiger partial charge in [0.1, 0.15) is 5.76 Å². The van der Waals surface area contributed by atoms with Crippen molar-refractivity contribution in [1.29, 1.82) is 0 Å². The van der Waals surface area contributed by atoms with Crippen LogP contribution in [-0.4, -0.2) is 6.04 Å². The van der Waals surface area contributed by atoms with Gasteiger partial charge in [0.05, 0.1) is 6.26 Å². The molecule has 2 atom stereocenters. The maximum Gasteiger partial charge on any atom is 0.105 e. The molecule has 2 aromatic rings. The third-order valence-corrected chi connectivity index (χ3v) is 3.59. The largest absolute Gasteiger partial charge is 0.469 e. The summed E-state index contributed by atoms with van der Waals surface area (Å²) in [6, 6.07) is 15.5. The highest BCUT2D eigenvalue weighted by atomic mass is 16.3. The number of benzene rings is 1. The number of furan rings is 1. The van der Waals surface area contributed by atoms with Crippen LogP contribution < -0.4 is 5.32 Å². The molecule has 1 N–H and O–H groups in total. The Labute approximate surface area is 128 Å². The third kappa shape index (κ3) is 5.39. The molecular formula is C19H27NO. The van der Waals surface area contributed by atoms with Crippen LogP contribution in [0.4, 0.5) is 0 Å². The van der Waals surface area contributed by atoms with E-state index in [1.807, 2.05) is 12.1 Å². The van der Waals surface area contributed by atoms with Crippen molar-refractivity contribution in [1.82, 2.24) is 5.32 Å². The van der Waals surface area contributed by atoms with Crippen LogP contribution in [0.25, 0.3) is 0 Å². The van der Waals surface area contributed by atoms with E-state index in [2.05, 4.69) is 63.3 Å². The van der Waals surface area contributed by atoms with Crippen LogP contribution in [0.15, 0.2) is 53.1 Å². The molecule has 0 saturated heterocycles. The van der Waals surface area contributed by atoms with Crippen molar-refractivity contribution in [2.45, 2.75) is 52.6 Å². The van der Waals surface area contributed by atoms with E-state index in [1.165, 1.54) is 5.56 Å². The fraction of sp³-hybridized carbons (Fsp3) is 0.474. The van der Waals surface area contributed by atoms with Crippen LogP contribution in [0.1, 0.15) is 51.5 Å². The molecule has 0 aliphatic heterocycles. The maximum absolute atomic E-state index is 5.45. The first-order valence-electron chi connectivity index (χ1n) is 7.77. The first-order valence-corrected chi connectivity index (χ1v) is 7.77. The summed E-state index contributed by atoms with van der Waals surface area (Å²) in [6.45, 7) is 9.10. The average molecular weight is 285 g/mol. The lowest BCUT2D eigenvalue weighted by Gasteiger charge is -2.29. The van der Waals surface area contributed by atoms with Crippen LogP contribution >= 0.6 is 0 Å². The van der Waals surface area contributed by atoms with Crippen LogP contribution in [-0.2, 0) is 6.42 Å². The van der Waals surface area contributed by atoms with Gasteiger partial charge in [-0.25, -0.2) is 0 Å². The zero-order valence-corrected chi connectivity index (χ0v) is 13.6. The second kappa shape index (κ2) is 6.95. The lowest BCUT2D eigenvalue weighted by Crippen LogP contribution is -2.34. The Hall–Kier alpha value is -1.54. The predicted molar refractivity (Wildman–Crippen MR) is 88.3 cm³/mol. The van der Waals surface area contributed by atoms with Crippen molar-refractivity contribution < 1.29 is 4.42 Å². The molecule has 2 nitrogen and oxygen atoms in total. The Bertz CT molecular complexity index is 510. The molecule has 114 valence electrons. The first kappa shape index (κ1) is 15.8. The summed E-state index contributed by atoms with van der Waals surface area (Å²) in [5.41, 5.74) is 1.65. The number of hydrogen-bond donors (Lipinski definition) is 1. The summed E-state index contributed by atoms with van der Waals surface area (Å²) in [7, 11) is 0. The highest BCUT2D eigenvalue weighted by Gasteiger charge is 2.21. The number of hydrogen-bond acceptors (Lipinski definition) is 2. The van der Waals surface area contributed by atoms with E-state index < -0.39 is 0 Å². The van der Waals surface area contributed by atoms with Gasteiger partial charge >= 0.3 is 0 Å². The molecule has 0 aliphatic rings. The minimum absolute atomic E-state index is 0.290. The second-order valence-corrected chi connectivity index (χ2v) is 7.08. The Kier molecular flexibility index (Phi) is 5.24. The van der Waals surface area contributed by atoms with Gasteiger partial charge in [0.2, 0.25) is 0 Å². The van der Waals surface area contributed by atoms with Gasteiger partial charge in [0.25, 0.3) is 0 Å². The molecule has 0 fully saturated rings. The zero-order valence-electron chi connectivity index (χ0n) is 13.6. The van der Waals surface area contributed by atoms with Crippen molar-refractivity contribution in [2.75, 3.05) is 0 Å². The molecule has 0 amide bonds. The Morgan fingerprint density at radius 2 is 1.76 bits per heavy atom. The van der Waals surface area contributed by atoms with E-state index in [-0.39, 0.29) is 5.41 Å². The molecule has 1 aromatic carbocycles. The first-order chi connectivity index (χ1) is 9.94. The fourth-order valence-electron chi connectivity index (χ4n) is 2.70. The van der Waals surface area contributed by atoms with E-state index in [0.29, 0.717) is 12.1 Å². The van der Waals surface area contributed by atoms with Gasteiger partial charge < -0.3 is 9.73 Å². The number of nitrogens with one attached hydrogen (secondary N) is 1. The van der Waals surface area contributed by atoms with Crippen molar-refractivity contribution in [3.63, 3.8) is 0 Å². The predicted octanol–water partition coefficient (Wildman–Crippen LogP) is 4.98. The molecule has 0 radical (unpaired) electrons. The van der Waals surface area contributed by atoms with Crippen LogP contribution in [0.3, 0.4) is 0 Å². The Morgan fingerprint density at radius 3 is 2.33 bits per heavy atom.